The normalized spacial score (nSPS) is 15.5. The second kappa shape index (κ2) is 24.7. The van der Waals surface area contributed by atoms with Gasteiger partial charge in [0.2, 0.25) is 11.9 Å². The van der Waals surface area contributed by atoms with E-state index in [0.29, 0.717) is 25.9 Å². The molecule has 0 aromatic heterocycles. The van der Waals surface area contributed by atoms with Crippen molar-refractivity contribution >= 4 is 40.9 Å². The van der Waals surface area contributed by atoms with Gasteiger partial charge < -0.3 is 35.5 Å². The van der Waals surface area contributed by atoms with Crippen molar-refractivity contribution in [2.75, 3.05) is 26.2 Å². The zero-order valence-electron chi connectivity index (χ0n) is 38.0. The highest BCUT2D eigenvalue weighted by molar-refractivity contribution is 5.98. The SMILES string of the molecule is C=CCOC(=O)N[C@@H](Cc1ccc2ccccc2c1)C1CCN(CC(c2ccccc2)c2ccccc2)C(=O)[C@H](CCCN(C(=O)OCc2ccccc2)C(N)=NC(=O)OCc2ccccc2)N1. The zero-order valence-corrected chi connectivity index (χ0v) is 38.0. The number of guanidine groups is 1. The van der Waals surface area contributed by atoms with Crippen LogP contribution in [0.1, 0.15) is 53.0 Å². The molecule has 0 radical (unpaired) electrons. The van der Waals surface area contributed by atoms with Crippen molar-refractivity contribution in [2.24, 2.45) is 10.7 Å². The van der Waals surface area contributed by atoms with Gasteiger partial charge in [0.1, 0.15) is 19.8 Å². The molecular weight excluding hydrogens is 857 g/mol. The Hall–Kier alpha value is -7.77. The molecule has 0 bridgehead atoms. The summed E-state index contributed by atoms with van der Waals surface area (Å²) in [6.45, 7) is 4.37. The van der Waals surface area contributed by atoms with E-state index in [1.54, 1.807) is 0 Å². The van der Waals surface area contributed by atoms with Crippen LogP contribution in [0.4, 0.5) is 14.4 Å². The first kappa shape index (κ1) is 48.2. The lowest BCUT2D eigenvalue weighted by atomic mass is 9.90. The molecule has 13 heteroatoms. The van der Waals surface area contributed by atoms with Crippen LogP contribution in [0.25, 0.3) is 10.8 Å². The second-order valence-corrected chi connectivity index (χ2v) is 16.6. The lowest BCUT2D eigenvalue weighted by molar-refractivity contribution is -0.133. The monoisotopic (exact) mass is 914 g/mol. The minimum Gasteiger partial charge on any atom is -0.445 e. The molecule has 1 heterocycles. The van der Waals surface area contributed by atoms with Gasteiger partial charge in [-0.2, -0.15) is 0 Å². The number of amides is 4. The minimum atomic E-state index is -0.978. The summed E-state index contributed by atoms with van der Waals surface area (Å²) < 4.78 is 16.5. The smallest absolute Gasteiger partial charge is 0.437 e. The number of carbonyl (C=O) groups excluding carboxylic acids is 4. The summed E-state index contributed by atoms with van der Waals surface area (Å²) in [5.41, 5.74) is 11.0. The van der Waals surface area contributed by atoms with E-state index in [2.05, 4.69) is 76.8 Å². The minimum absolute atomic E-state index is 0.0311. The number of nitrogens with one attached hydrogen (secondary N) is 2. The lowest BCUT2D eigenvalue weighted by Crippen LogP contribution is -2.55. The van der Waals surface area contributed by atoms with Crippen LogP contribution in [-0.2, 0) is 38.6 Å². The van der Waals surface area contributed by atoms with Crippen molar-refractivity contribution < 1.29 is 33.4 Å². The van der Waals surface area contributed by atoms with Crippen LogP contribution < -0.4 is 16.4 Å². The maximum Gasteiger partial charge on any atom is 0.437 e. The number of ether oxygens (including phenoxy) is 3. The van der Waals surface area contributed by atoms with Gasteiger partial charge >= 0.3 is 18.3 Å². The Balaban J connectivity index is 1.16. The topological polar surface area (TPSA) is 165 Å². The summed E-state index contributed by atoms with van der Waals surface area (Å²) in [6, 6.07) is 51.2. The summed E-state index contributed by atoms with van der Waals surface area (Å²) in [5, 5.41) is 8.94. The van der Waals surface area contributed by atoms with Crippen molar-refractivity contribution in [3.8, 4) is 0 Å². The third-order valence-corrected chi connectivity index (χ3v) is 11.9. The van der Waals surface area contributed by atoms with E-state index in [9.17, 15) is 14.4 Å². The summed E-state index contributed by atoms with van der Waals surface area (Å²) in [5.74, 6) is -0.675. The van der Waals surface area contributed by atoms with Crippen LogP contribution in [-0.4, -0.2) is 84.3 Å². The van der Waals surface area contributed by atoms with Crippen LogP contribution in [0.2, 0.25) is 0 Å². The molecule has 7 rings (SSSR count). The Morgan fingerprint density at radius 3 is 1.99 bits per heavy atom. The quantitative estimate of drug-likeness (QED) is 0.0330. The maximum atomic E-state index is 15.0. The Kier molecular flexibility index (Phi) is 17.5. The molecule has 6 aromatic rings. The molecule has 1 fully saturated rings. The standard InChI is InChI=1S/C55H58N6O7/c1-2-34-66-53(63)58-50(36-42-29-30-43-22-15-16-27-46(43)35-42)48-31-33-60(37-47(44-23-11-5-12-24-44)45-25-13-6-14-26-45)51(62)49(57-48)28-17-32-61(55(65)68-39-41-20-9-4-10-21-41)52(56)59-54(64)67-38-40-18-7-3-8-19-40/h2-16,18-27,29-30,35,47-50,57H,1,17,28,31-34,36-39H2,(H,58,63)(H2,56,59,64)/t48?,49-,50-/m0/s1. The zero-order chi connectivity index (χ0) is 47.5. The number of carbonyl (C=O) groups is 4. The number of hydrogen-bond donors (Lipinski definition) is 3. The maximum absolute atomic E-state index is 15.0. The number of fused-ring (bicyclic) bond motifs is 1. The van der Waals surface area contributed by atoms with Gasteiger partial charge in [0, 0.05) is 31.6 Å². The molecule has 68 heavy (non-hydrogen) atoms. The van der Waals surface area contributed by atoms with Gasteiger partial charge in [0.15, 0.2) is 0 Å². The predicted molar refractivity (Wildman–Crippen MR) is 264 cm³/mol. The van der Waals surface area contributed by atoms with Gasteiger partial charge in [-0.05, 0) is 64.3 Å². The van der Waals surface area contributed by atoms with Gasteiger partial charge in [-0.25, -0.2) is 19.3 Å². The van der Waals surface area contributed by atoms with E-state index in [-0.39, 0.29) is 51.0 Å². The van der Waals surface area contributed by atoms with Crippen LogP contribution >= 0.6 is 0 Å². The number of aliphatic imine (C=N–C) groups is 1. The molecule has 350 valence electrons. The number of nitrogens with two attached hydrogens (primary N) is 1. The summed E-state index contributed by atoms with van der Waals surface area (Å²) in [6.07, 6.45) is 0.535. The summed E-state index contributed by atoms with van der Waals surface area (Å²) in [7, 11) is 0. The molecule has 0 aliphatic carbocycles. The Morgan fingerprint density at radius 1 is 0.765 bits per heavy atom. The molecule has 6 aromatic carbocycles. The number of hydrogen-bond acceptors (Lipinski definition) is 8. The van der Waals surface area contributed by atoms with Crippen molar-refractivity contribution in [3.63, 3.8) is 0 Å². The van der Waals surface area contributed by atoms with Crippen LogP contribution in [0.5, 0.6) is 0 Å². The third kappa shape index (κ3) is 13.9. The first-order valence-electron chi connectivity index (χ1n) is 22.9. The molecule has 4 amide bonds. The number of nitrogens with zero attached hydrogens (tertiary/aromatic N) is 3. The van der Waals surface area contributed by atoms with E-state index >= 15 is 4.79 Å². The highest BCUT2D eigenvalue weighted by Gasteiger charge is 2.36. The highest BCUT2D eigenvalue weighted by Crippen LogP contribution is 2.28. The summed E-state index contributed by atoms with van der Waals surface area (Å²) in [4.78, 5) is 62.0. The first-order chi connectivity index (χ1) is 33.2. The molecule has 4 N–H and O–H groups in total. The average Bonchev–Trinajstić information content (AvgIpc) is 3.53. The summed E-state index contributed by atoms with van der Waals surface area (Å²) >= 11 is 0. The van der Waals surface area contributed by atoms with Gasteiger partial charge in [-0.3, -0.25) is 4.79 Å². The number of rotatable bonds is 18. The van der Waals surface area contributed by atoms with E-state index in [4.69, 9.17) is 19.9 Å². The van der Waals surface area contributed by atoms with Crippen LogP contribution in [0, 0.1) is 0 Å². The number of alkyl carbamates (subject to hydrolysis) is 1. The molecule has 0 spiro atoms. The predicted octanol–water partition coefficient (Wildman–Crippen LogP) is 9.12. The fourth-order valence-corrected chi connectivity index (χ4v) is 8.44. The van der Waals surface area contributed by atoms with E-state index < -0.39 is 42.4 Å². The fraction of sp³-hybridized carbons (Fsp3) is 0.255. The molecule has 1 aliphatic heterocycles. The lowest BCUT2D eigenvalue weighted by Gasteiger charge is -2.30. The average molecular weight is 915 g/mol. The van der Waals surface area contributed by atoms with Crippen LogP contribution in [0.3, 0.4) is 0 Å². The van der Waals surface area contributed by atoms with Crippen molar-refractivity contribution in [1.29, 1.82) is 0 Å². The van der Waals surface area contributed by atoms with E-state index in [0.717, 1.165) is 43.5 Å². The van der Waals surface area contributed by atoms with E-state index in [1.807, 2.05) is 114 Å². The third-order valence-electron chi connectivity index (χ3n) is 11.9. The molecule has 1 saturated heterocycles. The first-order valence-corrected chi connectivity index (χ1v) is 22.9. The van der Waals surface area contributed by atoms with Crippen molar-refractivity contribution in [2.45, 2.75) is 62.9 Å². The number of benzene rings is 6. The molecular formula is C55H58N6O7. The molecule has 0 saturated carbocycles. The van der Waals surface area contributed by atoms with Crippen molar-refractivity contribution in [3.05, 3.63) is 204 Å². The molecule has 3 atom stereocenters. The van der Waals surface area contributed by atoms with Gasteiger partial charge in [0.05, 0.1) is 12.1 Å². The van der Waals surface area contributed by atoms with Gasteiger partial charge in [-0.1, -0.05) is 176 Å². The van der Waals surface area contributed by atoms with Crippen LogP contribution in [0.15, 0.2) is 181 Å². The second-order valence-electron chi connectivity index (χ2n) is 16.6. The molecule has 13 nitrogen and oxygen atoms in total. The Morgan fingerprint density at radius 2 is 1.35 bits per heavy atom. The highest BCUT2D eigenvalue weighted by atomic mass is 16.6. The largest absolute Gasteiger partial charge is 0.445 e. The Labute approximate surface area is 397 Å². The molecule has 1 unspecified atom stereocenters. The van der Waals surface area contributed by atoms with Crippen molar-refractivity contribution in [1.82, 2.24) is 20.4 Å². The van der Waals surface area contributed by atoms with Gasteiger partial charge in [0.25, 0.3) is 0 Å². The fourth-order valence-electron chi connectivity index (χ4n) is 8.44. The Bertz CT molecular complexity index is 2580. The van der Waals surface area contributed by atoms with E-state index in [1.165, 1.54) is 6.08 Å². The van der Waals surface area contributed by atoms with Gasteiger partial charge in [-0.15, -0.1) is 4.99 Å². The molecule has 1 aliphatic rings.